The largest absolute Gasteiger partial charge is 0.504 e. The Kier molecular flexibility index (Phi) is 3.16. The summed E-state index contributed by atoms with van der Waals surface area (Å²) in [6.45, 7) is 3.59. The van der Waals surface area contributed by atoms with Gasteiger partial charge < -0.3 is 19.5 Å². The molecule has 6 heteroatoms. The number of methoxy groups -OCH3 is 1. The quantitative estimate of drug-likeness (QED) is 0.883. The van der Waals surface area contributed by atoms with Gasteiger partial charge in [-0.15, -0.1) is 0 Å². The number of carboxylic acid groups (broad SMARTS) is 1. The molecule has 0 radical (unpaired) electrons. The predicted molar refractivity (Wildman–Crippen MR) is 66.6 cm³/mol. The molecule has 0 saturated carbocycles. The summed E-state index contributed by atoms with van der Waals surface area (Å²) in [6, 6.07) is 3.09. The average Bonchev–Trinajstić information content (AvgIpc) is 2.78. The molecule has 2 aromatic rings. The first kappa shape index (κ1) is 12.9. The zero-order valence-electron chi connectivity index (χ0n) is 10.7. The third-order valence-electron chi connectivity index (χ3n) is 2.82. The van der Waals surface area contributed by atoms with E-state index in [1.807, 2.05) is 6.07 Å². The number of carboxylic acids is 1. The summed E-state index contributed by atoms with van der Waals surface area (Å²) in [5.41, 5.74) is 2.19. The standard InChI is InChI=1S/C13H13NO5/c1-6-4-7(2)12(18-3)11(15)10(6)8-5-9(13(16)17)19-14-8/h4-5,15H,1-3H3,(H,16,17). The van der Waals surface area contributed by atoms with Crippen molar-refractivity contribution in [1.82, 2.24) is 5.16 Å². The summed E-state index contributed by atoms with van der Waals surface area (Å²) in [5.74, 6) is -1.24. The van der Waals surface area contributed by atoms with Crippen molar-refractivity contribution in [2.24, 2.45) is 0 Å². The number of hydrogen-bond donors (Lipinski definition) is 2. The lowest BCUT2D eigenvalue weighted by atomic mass is 10.0. The predicted octanol–water partition coefficient (Wildman–Crippen LogP) is 2.37. The van der Waals surface area contributed by atoms with Crippen LogP contribution in [-0.2, 0) is 0 Å². The molecule has 1 aromatic heterocycles. The Morgan fingerprint density at radius 1 is 1.32 bits per heavy atom. The van der Waals surface area contributed by atoms with E-state index in [-0.39, 0.29) is 17.2 Å². The van der Waals surface area contributed by atoms with Crippen molar-refractivity contribution in [2.45, 2.75) is 13.8 Å². The van der Waals surface area contributed by atoms with Gasteiger partial charge in [-0.1, -0.05) is 11.2 Å². The second kappa shape index (κ2) is 4.64. The van der Waals surface area contributed by atoms with Crippen LogP contribution in [0.3, 0.4) is 0 Å². The molecule has 0 spiro atoms. The lowest BCUT2D eigenvalue weighted by molar-refractivity contribution is 0.0652. The Morgan fingerprint density at radius 2 is 2.00 bits per heavy atom. The molecule has 0 saturated heterocycles. The molecule has 2 N–H and O–H groups in total. The molecule has 19 heavy (non-hydrogen) atoms. The van der Waals surface area contributed by atoms with E-state index in [0.29, 0.717) is 11.3 Å². The highest BCUT2D eigenvalue weighted by Gasteiger charge is 2.20. The summed E-state index contributed by atoms with van der Waals surface area (Å²) >= 11 is 0. The molecule has 1 aromatic carbocycles. The molecular formula is C13H13NO5. The van der Waals surface area contributed by atoms with Gasteiger partial charge in [-0.2, -0.15) is 0 Å². The van der Waals surface area contributed by atoms with Crippen LogP contribution in [0.1, 0.15) is 21.7 Å². The number of phenolic OH excluding ortho intramolecular Hbond substituents is 1. The molecule has 0 amide bonds. The molecule has 0 aliphatic carbocycles. The Balaban J connectivity index is 2.64. The molecule has 0 bridgehead atoms. The maximum absolute atomic E-state index is 10.8. The van der Waals surface area contributed by atoms with E-state index in [1.165, 1.54) is 13.2 Å². The first-order chi connectivity index (χ1) is 8.95. The van der Waals surface area contributed by atoms with Crippen LogP contribution >= 0.6 is 0 Å². The van der Waals surface area contributed by atoms with E-state index in [9.17, 15) is 9.90 Å². The van der Waals surface area contributed by atoms with Gasteiger partial charge in [0.25, 0.3) is 0 Å². The number of aromatic carboxylic acids is 1. The number of aryl methyl sites for hydroxylation is 2. The smallest absolute Gasteiger partial charge is 0.374 e. The Labute approximate surface area is 109 Å². The van der Waals surface area contributed by atoms with Crippen LogP contribution in [0, 0.1) is 13.8 Å². The van der Waals surface area contributed by atoms with E-state index in [1.54, 1.807) is 13.8 Å². The molecular weight excluding hydrogens is 250 g/mol. The third-order valence-corrected chi connectivity index (χ3v) is 2.82. The highest BCUT2D eigenvalue weighted by molar-refractivity contribution is 5.86. The Morgan fingerprint density at radius 3 is 2.53 bits per heavy atom. The van der Waals surface area contributed by atoms with Crippen LogP contribution in [0.4, 0.5) is 0 Å². The number of aromatic hydroxyl groups is 1. The van der Waals surface area contributed by atoms with Gasteiger partial charge in [0.05, 0.1) is 12.7 Å². The van der Waals surface area contributed by atoms with E-state index in [0.717, 1.165) is 11.1 Å². The van der Waals surface area contributed by atoms with Gasteiger partial charge in [-0.3, -0.25) is 0 Å². The molecule has 0 atom stereocenters. The van der Waals surface area contributed by atoms with Crippen LogP contribution < -0.4 is 4.74 Å². The van der Waals surface area contributed by atoms with Crippen molar-refractivity contribution in [2.75, 3.05) is 7.11 Å². The molecule has 0 unspecified atom stereocenters. The highest BCUT2D eigenvalue weighted by Crippen LogP contribution is 2.41. The summed E-state index contributed by atoms with van der Waals surface area (Å²) in [6.07, 6.45) is 0. The number of benzene rings is 1. The molecule has 0 fully saturated rings. The minimum absolute atomic E-state index is 0.0785. The first-order valence-corrected chi connectivity index (χ1v) is 5.53. The van der Waals surface area contributed by atoms with Gasteiger partial charge in [0, 0.05) is 6.07 Å². The highest BCUT2D eigenvalue weighted by atomic mass is 16.5. The van der Waals surface area contributed by atoms with E-state index in [2.05, 4.69) is 5.16 Å². The lowest BCUT2D eigenvalue weighted by Gasteiger charge is -2.12. The normalized spacial score (nSPS) is 10.5. The SMILES string of the molecule is COc1c(C)cc(C)c(-c2cc(C(=O)O)on2)c1O. The van der Waals surface area contributed by atoms with E-state index in [4.69, 9.17) is 14.4 Å². The topological polar surface area (TPSA) is 92.8 Å². The number of hydrogen-bond acceptors (Lipinski definition) is 5. The van der Waals surface area contributed by atoms with Gasteiger partial charge in [0.1, 0.15) is 5.69 Å². The van der Waals surface area contributed by atoms with Crippen LogP contribution in [0.2, 0.25) is 0 Å². The summed E-state index contributed by atoms with van der Waals surface area (Å²) in [7, 11) is 1.45. The maximum Gasteiger partial charge on any atom is 0.374 e. The fourth-order valence-electron chi connectivity index (χ4n) is 2.02. The molecule has 0 aliphatic rings. The molecule has 1 heterocycles. The summed E-state index contributed by atoms with van der Waals surface area (Å²) in [4.78, 5) is 10.8. The number of carbonyl (C=O) groups is 1. The van der Waals surface area contributed by atoms with Gasteiger partial charge in [0.2, 0.25) is 5.76 Å². The monoisotopic (exact) mass is 263 g/mol. The van der Waals surface area contributed by atoms with Crippen LogP contribution in [0.25, 0.3) is 11.3 Å². The third kappa shape index (κ3) is 2.12. The zero-order chi connectivity index (χ0) is 14.2. The maximum atomic E-state index is 10.8. The number of aromatic nitrogens is 1. The second-order valence-corrected chi connectivity index (χ2v) is 4.15. The zero-order valence-corrected chi connectivity index (χ0v) is 10.7. The first-order valence-electron chi connectivity index (χ1n) is 5.53. The van der Waals surface area contributed by atoms with Crippen molar-refractivity contribution in [3.63, 3.8) is 0 Å². The van der Waals surface area contributed by atoms with Crippen molar-refractivity contribution in [3.05, 3.63) is 29.0 Å². The molecule has 0 aliphatic heterocycles. The van der Waals surface area contributed by atoms with Crippen LogP contribution in [-0.4, -0.2) is 28.4 Å². The minimum Gasteiger partial charge on any atom is -0.504 e. The fraction of sp³-hybridized carbons (Fsp3) is 0.231. The van der Waals surface area contributed by atoms with Crippen molar-refractivity contribution < 1.29 is 24.3 Å². The van der Waals surface area contributed by atoms with Crippen LogP contribution in [0.5, 0.6) is 11.5 Å². The van der Waals surface area contributed by atoms with Crippen molar-refractivity contribution in [1.29, 1.82) is 0 Å². The van der Waals surface area contributed by atoms with Gasteiger partial charge in [-0.25, -0.2) is 4.79 Å². The average molecular weight is 263 g/mol. The van der Waals surface area contributed by atoms with Crippen LogP contribution in [0.15, 0.2) is 16.7 Å². The summed E-state index contributed by atoms with van der Waals surface area (Å²) < 4.78 is 9.82. The van der Waals surface area contributed by atoms with Gasteiger partial charge in [0.15, 0.2) is 11.5 Å². The second-order valence-electron chi connectivity index (χ2n) is 4.15. The number of nitrogens with zero attached hydrogens (tertiary/aromatic N) is 1. The molecule has 100 valence electrons. The summed E-state index contributed by atoms with van der Waals surface area (Å²) in [5, 5.41) is 22.7. The Hall–Kier alpha value is -2.50. The lowest BCUT2D eigenvalue weighted by Crippen LogP contribution is -1.94. The van der Waals surface area contributed by atoms with E-state index < -0.39 is 5.97 Å². The van der Waals surface area contributed by atoms with Gasteiger partial charge >= 0.3 is 5.97 Å². The number of ether oxygens (including phenoxy) is 1. The van der Waals surface area contributed by atoms with Crippen molar-refractivity contribution >= 4 is 5.97 Å². The molecule has 6 nitrogen and oxygen atoms in total. The fourth-order valence-corrected chi connectivity index (χ4v) is 2.02. The van der Waals surface area contributed by atoms with E-state index >= 15 is 0 Å². The minimum atomic E-state index is -1.21. The van der Waals surface area contributed by atoms with Gasteiger partial charge in [-0.05, 0) is 25.0 Å². The number of phenols is 1. The van der Waals surface area contributed by atoms with Crippen molar-refractivity contribution in [3.8, 4) is 22.8 Å². The molecule has 2 rings (SSSR count). The Bertz CT molecular complexity index is 645. The number of rotatable bonds is 3.